The molecule has 0 unspecified atom stereocenters. The zero-order chi connectivity index (χ0) is 13.9. The van der Waals surface area contributed by atoms with Crippen LogP contribution in [-0.2, 0) is 0 Å². The lowest BCUT2D eigenvalue weighted by atomic mass is 10.1. The molecule has 1 aromatic carbocycles. The predicted molar refractivity (Wildman–Crippen MR) is 85.2 cm³/mol. The Bertz CT molecular complexity index is 780. The molecular formula is C15H12N4S. The third kappa shape index (κ3) is 2.31. The third-order valence-corrected chi connectivity index (χ3v) is 3.22. The lowest BCUT2D eigenvalue weighted by molar-refractivity contribution is 1.31. The first-order valence-electron chi connectivity index (χ1n) is 6.10. The number of aromatic nitrogens is 2. The number of hydrogen-bond donors (Lipinski definition) is 2. The van der Waals surface area contributed by atoms with E-state index in [4.69, 9.17) is 18.0 Å². The molecule has 20 heavy (non-hydrogen) atoms. The third-order valence-electron chi connectivity index (χ3n) is 3.00. The number of anilines is 2. The molecule has 3 aromatic rings. The van der Waals surface area contributed by atoms with Gasteiger partial charge in [0, 0.05) is 29.0 Å². The van der Waals surface area contributed by atoms with Crippen molar-refractivity contribution < 1.29 is 0 Å². The zero-order valence-electron chi connectivity index (χ0n) is 10.6. The lowest BCUT2D eigenvalue weighted by Gasteiger charge is -2.12. The highest BCUT2D eigenvalue weighted by Gasteiger charge is 2.07. The van der Waals surface area contributed by atoms with Gasteiger partial charge in [-0.25, -0.2) is 0 Å². The summed E-state index contributed by atoms with van der Waals surface area (Å²) in [7, 11) is 0. The van der Waals surface area contributed by atoms with E-state index in [1.54, 1.807) is 24.7 Å². The lowest BCUT2D eigenvalue weighted by Crippen LogP contribution is -2.12. The van der Waals surface area contributed by atoms with Crippen LogP contribution in [0.2, 0.25) is 0 Å². The molecule has 4 nitrogen and oxygen atoms in total. The normalized spacial score (nSPS) is 10.4. The molecule has 0 aliphatic rings. The highest BCUT2D eigenvalue weighted by atomic mass is 32.1. The fraction of sp³-hybridized carbons (Fsp3) is 0. The van der Waals surface area contributed by atoms with Gasteiger partial charge in [-0.15, -0.1) is 0 Å². The average molecular weight is 280 g/mol. The van der Waals surface area contributed by atoms with Crippen LogP contribution in [0.15, 0.2) is 55.0 Å². The standard InChI is InChI=1S/C15H12N4S/c16-15(20)11-6-8-17-9-14(11)19-13-5-1-4-12-10(13)3-2-7-18-12/h1-9,19H,(H2,16,20). The summed E-state index contributed by atoms with van der Waals surface area (Å²) in [6, 6.07) is 11.6. The van der Waals surface area contributed by atoms with Gasteiger partial charge >= 0.3 is 0 Å². The summed E-state index contributed by atoms with van der Waals surface area (Å²) < 4.78 is 0. The van der Waals surface area contributed by atoms with Gasteiger partial charge in [-0.1, -0.05) is 18.3 Å². The molecule has 0 fully saturated rings. The van der Waals surface area contributed by atoms with Crippen LogP contribution in [0.5, 0.6) is 0 Å². The van der Waals surface area contributed by atoms with Crippen LogP contribution < -0.4 is 11.1 Å². The molecule has 98 valence electrons. The molecule has 0 spiro atoms. The number of hydrogen-bond acceptors (Lipinski definition) is 4. The fourth-order valence-corrected chi connectivity index (χ4v) is 2.24. The van der Waals surface area contributed by atoms with E-state index in [2.05, 4.69) is 15.3 Å². The van der Waals surface area contributed by atoms with Crippen LogP contribution in [0, 0.1) is 0 Å². The number of nitrogens with two attached hydrogens (primary N) is 1. The topological polar surface area (TPSA) is 63.8 Å². The molecule has 0 saturated heterocycles. The molecular weight excluding hydrogens is 268 g/mol. The second kappa shape index (κ2) is 5.22. The molecule has 3 rings (SSSR count). The van der Waals surface area contributed by atoms with Crippen molar-refractivity contribution in [2.45, 2.75) is 0 Å². The first-order chi connectivity index (χ1) is 9.75. The van der Waals surface area contributed by atoms with Crippen LogP contribution >= 0.6 is 12.2 Å². The van der Waals surface area contributed by atoms with Crippen molar-refractivity contribution in [1.29, 1.82) is 0 Å². The van der Waals surface area contributed by atoms with Crippen molar-refractivity contribution in [3.63, 3.8) is 0 Å². The zero-order valence-corrected chi connectivity index (χ0v) is 11.4. The number of pyridine rings is 2. The van der Waals surface area contributed by atoms with E-state index in [9.17, 15) is 0 Å². The first kappa shape index (κ1) is 12.5. The molecule has 0 saturated carbocycles. The van der Waals surface area contributed by atoms with E-state index < -0.39 is 0 Å². The largest absolute Gasteiger partial charge is 0.389 e. The van der Waals surface area contributed by atoms with Crippen molar-refractivity contribution >= 4 is 39.5 Å². The molecule has 0 radical (unpaired) electrons. The second-order valence-corrected chi connectivity index (χ2v) is 4.73. The van der Waals surface area contributed by atoms with Gasteiger partial charge in [-0.3, -0.25) is 9.97 Å². The highest BCUT2D eigenvalue weighted by molar-refractivity contribution is 7.80. The minimum absolute atomic E-state index is 0.341. The number of thiocarbonyl (C=S) groups is 1. The molecule has 0 aliphatic carbocycles. The Balaban J connectivity index is 2.08. The summed E-state index contributed by atoms with van der Waals surface area (Å²) in [6.07, 6.45) is 5.16. The van der Waals surface area contributed by atoms with Crippen LogP contribution in [0.4, 0.5) is 11.4 Å². The molecule has 3 N–H and O–H groups in total. The molecule has 2 aromatic heterocycles. The number of rotatable bonds is 3. The van der Waals surface area contributed by atoms with Gasteiger partial charge in [0.1, 0.15) is 4.99 Å². The van der Waals surface area contributed by atoms with E-state index in [1.807, 2.05) is 30.3 Å². The quantitative estimate of drug-likeness (QED) is 0.722. The van der Waals surface area contributed by atoms with Crippen molar-refractivity contribution in [2.24, 2.45) is 5.73 Å². The summed E-state index contributed by atoms with van der Waals surface area (Å²) in [4.78, 5) is 8.79. The van der Waals surface area contributed by atoms with E-state index in [-0.39, 0.29) is 0 Å². The van der Waals surface area contributed by atoms with Gasteiger partial charge < -0.3 is 11.1 Å². The molecule has 5 heteroatoms. The number of nitrogens with zero attached hydrogens (tertiary/aromatic N) is 2. The fourth-order valence-electron chi connectivity index (χ4n) is 2.07. The minimum atomic E-state index is 0.341. The Morgan fingerprint density at radius 1 is 1.05 bits per heavy atom. The van der Waals surface area contributed by atoms with Crippen molar-refractivity contribution in [3.8, 4) is 0 Å². The average Bonchev–Trinajstić information content (AvgIpc) is 2.48. The Kier molecular flexibility index (Phi) is 3.26. The van der Waals surface area contributed by atoms with Gasteiger partial charge in [0.25, 0.3) is 0 Å². The SMILES string of the molecule is NC(=S)c1ccncc1Nc1cccc2ncccc12. The Morgan fingerprint density at radius 2 is 1.95 bits per heavy atom. The van der Waals surface area contributed by atoms with Crippen molar-refractivity contribution in [2.75, 3.05) is 5.32 Å². The summed E-state index contributed by atoms with van der Waals surface area (Å²) in [6.45, 7) is 0. The van der Waals surface area contributed by atoms with Crippen LogP contribution in [-0.4, -0.2) is 15.0 Å². The van der Waals surface area contributed by atoms with Crippen molar-refractivity contribution in [1.82, 2.24) is 9.97 Å². The molecule has 0 aliphatic heterocycles. The van der Waals surface area contributed by atoms with Gasteiger partial charge in [0.05, 0.1) is 17.4 Å². The number of nitrogens with one attached hydrogen (secondary N) is 1. The molecule has 2 heterocycles. The van der Waals surface area contributed by atoms with E-state index in [1.165, 1.54) is 0 Å². The van der Waals surface area contributed by atoms with Gasteiger partial charge in [-0.05, 0) is 30.3 Å². The Morgan fingerprint density at radius 3 is 2.80 bits per heavy atom. The summed E-state index contributed by atoms with van der Waals surface area (Å²) >= 11 is 5.06. The maximum atomic E-state index is 5.73. The van der Waals surface area contributed by atoms with Crippen LogP contribution in [0.1, 0.15) is 5.56 Å². The van der Waals surface area contributed by atoms with Crippen molar-refractivity contribution in [3.05, 3.63) is 60.6 Å². The molecule has 0 atom stereocenters. The second-order valence-electron chi connectivity index (χ2n) is 4.29. The van der Waals surface area contributed by atoms with Gasteiger partial charge in [0.15, 0.2) is 0 Å². The Hall–Kier alpha value is -2.53. The maximum absolute atomic E-state index is 5.73. The van der Waals surface area contributed by atoms with E-state index in [0.29, 0.717) is 4.99 Å². The smallest absolute Gasteiger partial charge is 0.106 e. The van der Waals surface area contributed by atoms with E-state index >= 15 is 0 Å². The maximum Gasteiger partial charge on any atom is 0.106 e. The monoisotopic (exact) mass is 280 g/mol. The molecule has 0 amide bonds. The predicted octanol–water partition coefficient (Wildman–Crippen LogP) is 3.01. The van der Waals surface area contributed by atoms with Crippen LogP contribution in [0.3, 0.4) is 0 Å². The Labute approximate surface area is 121 Å². The van der Waals surface area contributed by atoms with Gasteiger partial charge in [-0.2, -0.15) is 0 Å². The van der Waals surface area contributed by atoms with E-state index in [0.717, 1.165) is 27.8 Å². The summed E-state index contributed by atoms with van der Waals surface area (Å²) in [5.41, 5.74) is 9.17. The number of fused-ring (bicyclic) bond motifs is 1. The van der Waals surface area contributed by atoms with Crippen LogP contribution in [0.25, 0.3) is 10.9 Å². The first-order valence-corrected chi connectivity index (χ1v) is 6.51. The minimum Gasteiger partial charge on any atom is -0.389 e. The summed E-state index contributed by atoms with van der Waals surface area (Å²) in [5.74, 6) is 0. The number of benzene rings is 1. The molecule has 0 bridgehead atoms. The highest BCUT2D eigenvalue weighted by Crippen LogP contribution is 2.26. The summed E-state index contributed by atoms with van der Waals surface area (Å²) in [5, 5.41) is 4.36. The van der Waals surface area contributed by atoms with Gasteiger partial charge in [0.2, 0.25) is 0 Å².